The number of benzene rings is 1. The van der Waals surface area contributed by atoms with Crippen molar-refractivity contribution in [1.82, 2.24) is 24.9 Å². The molecule has 1 saturated heterocycles. The maximum absolute atomic E-state index is 14.9. The molecule has 0 amide bonds. The molecule has 1 aliphatic rings. The van der Waals surface area contributed by atoms with Gasteiger partial charge in [0.05, 0.1) is 24.5 Å². The molecule has 10 heteroatoms. The van der Waals surface area contributed by atoms with Gasteiger partial charge in [-0.1, -0.05) is 11.6 Å². The third kappa shape index (κ3) is 3.78. The molecule has 4 heterocycles. The first-order valence-electron chi connectivity index (χ1n) is 10.2. The Morgan fingerprint density at radius 1 is 1.06 bits per heavy atom. The quantitative estimate of drug-likeness (QED) is 0.450. The van der Waals surface area contributed by atoms with E-state index in [0.29, 0.717) is 59.1 Å². The lowest BCUT2D eigenvalue weighted by Crippen LogP contribution is -2.39. The standard InChI is InChI=1S/C22H20ClFN6O2/c1-11-12(2)26-21-20(25-11)19(15-5-4-14(23)8-16(15)24)28-22(29-21)30-6-7-31-18(9-30)17-10-32-13(3)27-17/h4-5,8,10,18H,6-7,9H2,1-3H3. The van der Waals surface area contributed by atoms with Gasteiger partial charge in [0, 0.05) is 24.1 Å². The number of hydrogen-bond acceptors (Lipinski definition) is 8. The summed E-state index contributed by atoms with van der Waals surface area (Å²) in [7, 11) is 0. The van der Waals surface area contributed by atoms with Crippen LogP contribution < -0.4 is 4.90 Å². The molecule has 8 nitrogen and oxygen atoms in total. The number of hydrogen-bond donors (Lipinski definition) is 0. The third-order valence-electron chi connectivity index (χ3n) is 5.43. The molecule has 164 valence electrons. The van der Waals surface area contributed by atoms with Crippen LogP contribution in [0.4, 0.5) is 10.3 Å². The molecule has 0 aliphatic carbocycles. The molecule has 1 aliphatic heterocycles. The Hall–Kier alpha value is -3.17. The fourth-order valence-electron chi connectivity index (χ4n) is 3.65. The van der Waals surface area contributed by atoms with Crippen LogP contribution in [-0.4, -0.2) is 44.6 Å². The van der Waals surface area contributed by atoms with Crippen molar-refractivity contribution in [2.45, 2.75) is 26.9 Å². The van der Waals surface area contributed by atoms with Crippen molar-refractivity contribution in [3.05, 3.63) is 58.3 Å². The Bertz CT molecular complexity index is 1330. The fraction of sp³-hybridized carbons (Fsp3) is 0.318. The molecule has 1 atom stereocenters. The van der Waals surface area contributed by atoms with E-state index in [0.717, 1.165) is 11.4 Å². The van der Waals surface area contributed by atoms with Crippen LogP contribution in [0.15, 0.2) is 28.9 Å². The highest BCUT2D eigenvalue weighted by Gasteiger charge is 2.27. The molecule has 0 saturated carbocycles. The highest BCUT2D eigenvalue weighted by atomic mass is 35.5. The van der Waals surface area contributed by atoms with Gasteiger partial charge in [-0.3, -0.25) is 0 Å². The van der Waals surface area contributed by atoms with Gasteiger partial charge in [0.1, 0.15) is 35.1 Å². The van der Waals surface area contributed by atoms with Gasteiger partial charge in [0.25, 0.3) is 0 Å². The van der Waals surface area contributed by atoms with Gasteiger partial charge in [-0.05, 0) is 32.0 Å². The van der Waals surface area contributed by atoms with Gasteiger partial charge in [-0.2, -0.15) is 4.98 Å². The predicted octanol–water partition coefficient (Wildman–Crippen LogP) is 4.37. The summed E-state index contributed by atoms with van der Waals surface area (Å²) in [6.45, 7) is 7.00. The molecule has 5 rings (SSSR count). The Kier molecular flexibility index (Phi) is 5.22. The van der Waals surface area contributed by atoms with Crippen molar-refractivity contribution in [2.75, 3.05) is 24.6 Å². The first-order valence-corrected chi connectivity index (χ1v) is 10.5. The van der Waals surface area contributed by atoms with Crippen LogP contribution in [0.2, 0.25) is 5.02 Å². The monoisotopic (exact) mass is 454 g/mol. The molecule has 0 radical (unpaired) electrons. The predicted molar refractivity (Wildman–Crippen MR) is 117 cm³/mol. The normalized spacial score (nSPS) is 16.7. The second-order valence-electron chi connectivity index (χ2n) is 7.66. The van der Waals surface area contributed by atoms with Crippen LogP contribution in [-0.2, 0) is 4.74 Å². The van der Waals surface area contributed by atoms with Gasteiger partial charge in [-0.15, -0.1) is 0 Å². The third-order valence-corrected chi connectivity index (χ3v) is 5.67. The Balaban J connectivity index is 1.62. The number of aryl methyl sites for hydroxylation is 3. The number of morpholine rings is 1. The minimum atomic E-state index is -0.485. The van der Waals surface area contributed by atoms with Crippen molar-refractivity contribution >= 4 is 28.7 Å². The van der Waals surface area contributed by atoms with E-state index in [4.69, 9.17) is 25.7 Å². The summed E-state index contributed by atoms with van der Waals surface area (Å²) in [5, 5.41) is 0.307. The van der Waals surface area contributed by atoms with E-state index in [1.165, 1.54) is 6.07 Å². The van der Waals surface area contributed by atoms with E-state index < -0.39 is 5.82 Å². The summed E-state index contributed by atoms with van der Waals surface area (Å²) in [5.41, 5.74) is 3.70. The molecule has 1 unspecified atom stereocenters. The lowest BCUT2D eigenvalue weighted by molar-refractivity contribution is 0.0364. The van der Waals surface area contributed by atoms with Gasteiger partial charge in [0.15, 0.2) is 11.5 Å². The van der Waals surface area contributed by atoms with E-state index in [-0.39, 0.29) is 11.7 Å². The second-order valence-corrected chi connectivity index (χ2v) is 8.10. The van der Waals surface area contributed by atoms with Crippen LogP contribution in [0.3, 0.4) is 0 Å². The number of aromatic nitrogens is 5. The first kappa shape index (κ1) is 20.7. The van der Waals surface area contributed by atoms with Crippen LogP contribution in [0.25, 0.3) is 22.4 Å². The molecule has 0 bridgehead atoms. The Morgan fingerprint density at radius 2 is 1.88 bits per heavy atom. The molecule has 0 N–H and O–H groups in total. The summed E-state index contributed by atoms with van der Waals surface area (Å²) in [6.07, 6.45) is 1.30. The van der Waals surface area contributed by atoms with Crippen LogP contribution >= 0.6 is 11.6 Å². The molecule has 3 aromatic heterocycles. The van der Waals surface area contributed by atoms with Gasteiger partial charge >= 0.3 is 0 Å². The van der Waals surface area contributed by atoms with Crippen LogP contribution in [0.1, 0.15) is 29.1 Å². The summed E-state index contributed by atoms with van der Waals surface area (Å²) >= 11 is 5.96. The molecule has 1 fully saturated rings. The largest absolute Gasteiger partial charge is 0.449 e. The Morgan fingerprint density at radius 3 is 2.62 bits per heavy atom. The minimum absolute atomic E-state index is 0.289. The van der Waals surface area contributed by atoms with E-state index in [1.54, 1.807) is 25.3 Å². The molecule has 0 spiro atoms. The van der Waals surface area contributed by atoms with Gasteiger partial charge in [-0.25, -0.2) is 24.3 Å². The van der Waals surface area contributed by atoms with E-state index in [2.05, 4.69) is 19.9 Å². The second kappa shape index (κ2) is 8.07. The highest BCUT2D eigenvalue weighted by molar-refractivity contribution is 6.30. The zero-order chi connectivity index (χ0) is 22.4. The molecule has 4 aromatic rings. The number of rotatable bonds is 3. The van der Waals surface area contributed by atoms with E-state index >= 15 is 0 Å². The number of fused-ring (bicyclic) bond motifs is 1. The van der Waals surface area contributed by atoms with Gasteiger partial charge < -0.3 is 14.1 Å². The van der Waals surface area contributed by atoms with Crippen molar-refractivity contribution in [3.63, 3.8) is 0 Å². The smallest absolute Gasteiger partial charge is 0.228 e. The molecular formula is C22H20ClFN6O2. The summed E-state index contributed by atoms with van der Waals surface area (Å²) in [5.74, 6) is 0.513. The van der Waals surface area contributed by atoms with Crippen molar-refractivity contribution in [1.29, 1.82) is 0 Å². The summed E-state index contributed by atoms with van der Waals surface area (Å²) in [6, 6.07) is 4.48. The lowest BCUT2D eigenvalue weighted by Gasteiger charge is -2.32. The van der Waals surface area contributed by atoms with E-state index in [9.17, 15) is 4.39 Å². The van der Waals surface area contributed by atoms with Crippen molar-refractivity contribution in [3.8, 4) is 11.3 Å². The number of halogens is 2. The Labute approximate surface area is 188 Å². The number of nitrogens with zero attached hydrogens (tertiary/aromatic N) is 6. The minimum Gasteiger partial charge on any atom is -0.449 e. The molecule has 1 aromatic carbocycles. The summed E-state index contributed by atoms with van der Waals surface area (Å²) in [4.78, 5) is 24.9. The number of oxazole rings is 1. The van der Waals surface area contributed by atoms with Crippen molar-refractivity contribution in [2.24, 2.45) is 0 Å². The van der Waals surface area contributed by atoms with Crippen molar-refractivity contribution < 1.29 is 13.5 Å². The number of anilines is 1. The number of ether oxygens (including phenoxy) is 1. The summed E-state index contributed by atoms with van der Waals surface area (Å²) < 4.78 is 26.1. The SMILES string of the molecule is Cc1nc(C2CN(c3nc(-c4ccc(Cl)cc4F)c4nc(C)c(C)nc4n3)CCO2)co1. The first-order chi connectivity index (χ1) is 15.4. The van der Waals surface area contributed by atoms with Crippen LogP contribution in [0.5, 0.6) is 0 Å². The average Bonchev–Trinajstić information content (AvgIpc) is 3.21. The fourth-order valence-corrected chi connectivity index (χ4v) is 3.81. The zero-order valence-corrected chi connectivity index (χ0v) is 18.5. The van der Waals surface area contributed by atoms with Crippen LogP contribution in [0, 0.1) is 26.6 Å². The molecular weight excluding hydrogens is 435 g/mol. The maximum atomic E-state index is 14.9. The molecule has 32 heavy (non-hydrogen) atoms. The highest BCUT2D eigenvalue weighted by Crippen LogP contribution is 2.32. The topological polar surface area (TPSA) is 90.1 Å². The zero-order valence-electron chi connectivity index (χ0n) is 17.8. The van der Waals surface area contributed by atoms with Gasteiger partial charge in [0.2, 0.25) is 5.95 Å². The van der Waals surface area contributed by atoms with E-state index in [1.807, 2.05) is 18.7 Å². The average molecular weight is 455 g/mol. The maximum Gasteiger partial charge on any atom is 0.228 e. The lowest BCUT2D eigenvalue weighted by atomic mass is 10.1.